The summed E-state index contributed by atoms with van der Waals surface area (Å²) < 4.78 is 0. The molecule has 2 N–H and O–H groups in total. The van der Waals surface area contributed by atoms with E-state index in [4.69, 9.17) is 0 Å². The molecule has 3 heteroatoms. The van der Waals surface area contributed by atoms with Crippen LogP contribution in [0, 0.1) is 0 Å². The number of hydrogen-bond acceptors (Lipinski definition) is 2. The van der Waals surface area contributed by atoms with Crippen LogP contribution in [-0.4, -0.2) is 11.0 Å². The zero-order valence-corrected chi connectivity index (χ0v) is 14.6. The van der Waals surface area contributed by atoms with Gasteiger partial charge in [0.05, 0.1) is 0 Å². The summed E-state index contributed by atoms with van der Waals surface area (Å²) in [6, 6.07) is 10.9. The Morgan fingerprint density at radius 3 is 2.50 bits per heavy atom. The molecule has 0 aliphatic heterocycles. The second-order valence-corrected chi connectivity index (χ2v) is 6.11. The van der Waals surface area contributed by atoms with Crippen molar-refractivity contribution in [3.05, 3.63) is 48.0 Å². The molecule has 2 aromatic rings. The topological polar surface area (TPSA) is 49.3 Å². The molecular formula is C21H27NO2. The first kappa shape index (κ1) is 18.1. The van der Waals surface area contributed by atoms with Gasteiger partial charge in [0.2, 0.25) is 0 Å². The molecule has 0 saturated carbocycles. The van der Waals surface area contributed by atoms with Crippen molar-refractivity contribution in [3.8, 4) is 5.75 Å². The third kappa shape index (κ3) is 4.60. The van der Waals surface area contributed by atoms with E-state index >= 15 is 0 Å². The quantitative estimate of drug-likeness (QED) is 0.476. The van der Waals surface area contributed by atoms with Crippen molar-refractivity contribution in [2.45, 2.75) is 52.4 Å². The van der Waals surface area contributed by atoms with E-state index in [1.165, 1.54) is 25.7 Å². The zero-order chi connectivity index (χ0) is 17.4. The summed E-state index contributed by atoms with van der Waals surface area (Å²) in [4.78, 5) is 12.6. The van der Waals surface area contributed by atoms with Gasteiger partial charge in [0.15, 0.2) is 0 Å². The van der Waals surface area contributed by atoms with E-state index in [0.717, 1.165) is 34.9 Å². The minimum atomic E-state index is -0.0520. The summed E-state index contributed by atoms with van der Waals surface area (Å²) in [7, 11) is 0. The van der Waals surface area contributed by atoms with Gasteiger partial charge in [0, 0.05) is 22.0 Å². The fourth-order valence-corrected chi connectivity index (χ4v) is 2.91. The van der Waals surface area contributed by atoms with Gasteiger partial charge < -0.3 is 10.4 Å². The van der Waals surface area contributed by atoms with Crippen molar-refractivity contribution in [1.82, 2.24) is 0 Å². The van der Waals surface area contributed by atoms with Gasteiger partial charge in [-0.2, -0.15) is 0 Å². The van der Waals surface area contributed by atoms with Crippen molar-refractivity contribution in [2.75, 3.05) is 5.32 Å². The lowest BCUT2D eigenvalue weighted by Gasteiger charge is -2.11. The van der Waals surface area contributed by atoms with Gasteiger partial charge in [0.25, 0.3) is 5.91 Å². The number of carbonyl (C=O) groups excluding carboxylic acids is 1. The number of benzene rings is 2. The Morgan fingerprint density at radius 2 is 1.75 bits per heavy atom. The number of nitrogens with one attached hydrogen (secondary N) is 1. The number of rotatable bonds is 8. The molecular weight excluding hydrogens is 298 g/mol. The standard InChI is InChI=1S/C21H27NO2/c1-3-5-6-7-8-11-16(4-2)21(24)22-19-14-9-13-18-17(19)12-10-15-20(18)23/h4,9-10,12-15,23H,3,5-8,11H2,1-2H3,(H,22,24). The number of carbonyl (C=O) groups is 1. The summed E-state index contributed by atoms with van der Waals surface area (Å²) in [6.07, 6.45) is 8.64. The number of fused-ring (bicyclic) bond motifs is 1. The third-order valence-corrected chi connectivity index (χ3v) is 4.34. The SMILES string of the molecule is CC=C(CCCCCCC)C(=O)Nc1cccc2c(O)cccc12. The molecule has 0 spiro atoms. The second kappa shape index (κ2) is 9.11. The first-order chi connectivity index (χ1) is 11.7. The highest BCUT2D eigenvalue weighted by Gasteiger charge is 2.11. The van der Waals surface area contributed by atoms with Crippen LogP contribution in [0.3, 0.4) is 0 Å². The molecule has 0 aromatic heterocycles. The summed E-state index contributed by atoms with van der Waals surface area (Å²) in [6.45, 7) is 4.11. The maximum absolute atomic E-state index is 12.6. The molecule has 0 atom stereocenters. The van der Waals surface area contributed by atoms with Crippen LogP contribution in [0.1, 0.15) is 52.4 Å². The van der Waals surface area contributed by atoms with Gasteiger partial charge in [-0.05, 0) is 31.9 Å². The van der Waals surface area contributed by atoms with Crippen LogP contribution >= 0.6 is 0 Å². The molecule has 0 aliphatic carbocycles. The number of allylic oxidation sites excluding steroid dienone is 1. The maximum Gasteiger partial charge on any atom is 0.251 e. The van der Waals surface area contributed by atoms with Gasteiger partial charge in [-0.3, -0.25) is 4.79 Å². The average Bonchev–Trinajstić information content (AvgIpc) is 2.59. The molecule has 0 heterocycles. The van der Waals surface area contributed by atoms with E-state index in [-0.39, 0.29) is 11.7 Å². The molecule has 0 aliphatic rings. The summed E-state index contributed by atoms with van der Waals surface area (Å²) >= 11 is 0. The van der Waals surface area contributed by atoms with Crippen LogP contribution in [0.5, 0.6) is 5.75 Å². The predicted molar refractivity (Wildman–Crippen MR) is 101 cm³/mol. The molecule has 0 bridgehead atoms. The van der Waals surface area contributed by atoms with Crippen LogP contribution in [0.15, 0.2) is 48.0 Å². The van der Waals surface area contributed by atoms with Crippen LogP contribution in [0.4, 0.5) is 5.69 Å². The van der Waals surface area contributed by atoms with Crippen LogP contribution in [0.25, 0.3) is 10.8 Å². The van der Waals surface area contributed by atoms with Crippen molar-refractivity contribution in [2.24, 2.45) is 0 Å². The number of aromatic hydroxyl groups is 1. The fraction of sp³-hybridized carbons (Fsp3) is 0.381. The minimum Gasteiger partial charge on any atom is -0.507 e. The Morgan fingerprint density at radius 1 is 1.04 bits per heavy atom. The summed E-state index contributed by atoms with van der Waals surface area (Å²) in [5, 5.41) is 14.5. The first-order valence-corrected chi connectivity index (χ1v) is 8.84. The number of phenolic OH excluding ortho intramolecular Hbond substituents is 1. The van der Waals surface area contributed by atoms with Crippen LogP contribution < -0.4 is 5.32 Å². The van der Waals surface area contributed by atoms with Crippen LogP contribution in [-0.2, 0) is 4.79 Å². The Balaban J connectivity index is 2.04. The maximum atomic E-state index is 12.6. The summed E-state index contributed by atoms with van der Waals surface area (Å²) in [5.41, 5.74) is 1.56. The molecule has 24 heavy (non-hydrogen) atoms. The first-order valence-electron chi connectivity index (χ1n) is 8.84. The second-order valence-electron chi connectivity index (χ2n) is 6.11. The normalized spacial score (nSPS) is 11.7. The molecule has 0 unspecified atom stereocenters. The number of hydrogen-bond donors (Lipinski definition) is 2. The van der Waals surface area contributed by atoms with Gasteiger partial charge in [-0.1, -0.05) is 62.9 Å². The lowest BCUT2D eigenvalue weighted by Crippen LogP contribution is -2.14. The molecule has 1 amide bonds. The lowest BCUT2D eigenvalue weighted by atomic mass is 10.0. The van der Waals surface area contributed by atoms with Gasteiger partial charge >= 0.3 is 0 Å². The highest BCUT2D eigenvalue weighted by molar-refractivity contribution is 6.09. The van der Waals surface area contributed by atoms with E-state index in [0.29, 0.717) is 0 Å². The molecule has 128 valence electrons. The number of amides is 1. The van der Waals surface area contributed by atoms with Crippen molar-refractivity contribution < 1.29 is 9.90 Å². The smallest absolute Gasteiger partial charge is 0.251 e. The Hall–Kier alpha value is -2.29. The Bertz CT molecular complexity index is 719. The predicted octanol–water partition coefficient (Wildman–Crippen LogP) is 5.79. The molecule has 2 aromatic carbocycles. The monoisotopic (exact) mass is 325 g/mol. The Kier molecular flexibility index (Phi) is 6.86. The van der Waals surface area contributed by atoms with Crippen molar-refractivity contribution >= 4 is 22.4 Å². The zero-order valence-electron chi connectivity index (χ0n) is 14.6. The molecule has 0 radical (unpaired) electrons. The molecule has 0 saturated heterocycles. The number of anilines is 1. The van der Waals surface area contributed by atoms with E-state index in [9.17, 15) is 9.90 Å². The van der Waals surface area contributed by atoms with Gasteiger partial charge in [0.1, 0.15) is 5.75 Å². The highest BCUT2D eigenvalue weighted by Crippen LogP contribution is 2.30. The largest absolute Gasteiger partial charge is 0.507 e. The van der Waals surface area contributed by atoms with Crippen molar-refractivity contribution in [1.29, 1.82) is 0 Å². The molecule has 2 rings (SSSR count). The third-order valence-electron chi connectivity index (χ3n) is 4.34. The minimum absolute atomic E-state index is 0.0520. The van der Waals surface area contributed by atoms with Gasteiger partial charge in [-0.25, -0.2) is 0 Å². The number of unbranched alkanes of at least 4 members (excludes halogenated alkanes) is 4. The van der Waals surface area contributed by atoms with Gasteiger partial charge in [-0.15, -0.1) is 0 Å². The molecule has 3 nitrogen and oxygen atoms in total. The average molecular weight is 325 g/mol. The fourth-order valence-electron chi connectivity index (χ4n) is 2.91. The number of phenols is 1. The van der Waals surface area contributed by atoms with Crippen molar-refractivity contribution in [3.63, 3.8) is 0 Å². The summed E-state index contributed by atoms with van der Waals surface area (Å²) in [5.74, 6) is 0.176. The highest BCUT2D eigenvalue weighted by atomic mass is 16.3. The van der Waals surface area contributed by atoms with E-state index < -0.39 is 0 Å². The van der Waals surface area contributed by atoms with E-state index in [1.807, 2.05) is 37.3 Å². The van der Waals surface area contributed by atoms with E-state index in [1.54, 1.807) is 12.1 Å². The molecule has 0 fully saturated rings. The van der Waals surface area contributed by atoms with Crippen LogP contribution in [0.2, 0.25) is 0 Å². The van der Waals surface area contributed by atoms with E-state index in [2.05, 4.69) is 12.2 Å². The Labute approximate surface area is 144 Å². The lowest BCUT2D eigenvalue weighted by molar-refractivity contribution is -0.113.